The number of carbonyl (C=O) groups excluding carboxylic acids is 1. The van der Waals surface area contributed by atoms with Gasteiger partial charge in [-0.05, 0) is 30.2 Å². The molecule has 0 aliphatic rings. The first-order valence-corrected chi connectivity index (χ1v) is 5.07. The van der Waals surface area contributed by atoms with Gasteiger partial charge in [-0.15, -0.1) is 0 Å². The molecule has 0 saturated heterocycles. The lowest BCUT2D eigenvalue weighted by atomic mass is 10.0. The summed E-state index contributed by atoms with van der Waals surface area (Å²) in [5.41, 5.74) is 3.01. The highest BCUT2D eigenvalue weighted by molar-refractivity contribution is 6.31. The number of hydrogen-bond donors (Lipinski definition) is 0. The third kappa shape index (κ3) is 2.00. The van der Waals surface area contributed by atoms with Crippen LogP contribution in [0.25, 0.3) is 10.9 Å². The first-order valence-electron chi connectivity index (χ1n) is 4.69. The molecule has 0 unspecified atom stereocenters. The summed E-state index contributed by atoms with van der Waals surface area (Å²) < 4.78 is 0. The van der Waals surface area contributed by atoms with Crippen LogP contribution >= 0.6 is 11.6 Å². The van der Waals surface area contributed by atoms with Crippen molar-refractivity contribution in [1.82, 2.24) is 4.98 Å². The van der Waals surface area contributed by atoms with Gasteiger partial charge in [0.2, 0.25) is 0 Å². The quantitative estimate of drug-likeness (QED) is 0.727. The number of pyridine rings is 1. The van der Waals surface area contributed by atoms with Gasteiger partial charge in [0.15, 0.2) is 0 Å². The molecule has 0 fully saturated rings. The van der Waals surface area contributed by atoms with E-state index in [0.29, 0.717) is 11.4 Å². The Bertz CT molecular complexity index is 522. The Hall–Kier alpha value is -1.41. The Balaban J connectivity index is 2.67. The van der Waals surface area contributed by atoms with Gasteiger partial charge in [0.1, 0.15) is 6.29 Å². The van der Waals surface area contributed by atoms with E-state index in [0.717, 1.165) is 28.3 Å². The van der Waals surface area contributed by atoms with E-state index in [4.69, 9.17) is 11.6 Å². The number of nitrogens with zero attached hydrogens (tertiary/aromatic N) is 1. The lowest BCUT2D eigenvalue weighted by Gasteiger charge is -2.04. The second-order valence-corrected chi connectivity index (χ2v) is 3.95. The minimum Gasteiger partial charge on any atom is -0.303 e. The molecule has 0 radical (unpaired) electrons. The molecule has 1 aromatic heterocycles. The molecule has 0 N–H and O–H groups in total. The first kappa shape index (κ1) is 10.1. The van der Waals surface area contributed by atoms with Crippen molar-refractivity contribution in [3.05, 3.63) is 40.5 Å². The zero-order chi connectivity index (χ0) is 10.8. The van der Waals surface area contributed by atoms with Crippen molar-refractivity contribution in [2.45, 2.75) is 13.3 Å². The number of rotatable bonds is 2. The van der Waals surface area contributed by atoms with Gasteiger partial charge < -0.3 is 4.79 Å². The van der Waals surface area contributed by atoms with E-state index < -0.39 is 0 Å². The maximum Gasteiger partial charge on any atom is 0.124 e. The number of aryl methyl sites for hydroxylation is 1. The summed E-state index contributed by atoms with van der Waals surface area (Å²) in [6.07, 6.45) is 2.97. The Kier molecular flexibility index (Phi) is 2.69. The summed E-state index contributed by atoms with van der Waals surface area (Å²) in [5.74, 6) is 0. The number of aromatic nitrogens is 1. The molecule has 0 atom stereocenters. The fourth-order valence-electron chi connectivity index (χ4n) is 1.70. The lowest BCUT2D eigenvalue weighted by Crippen LogP contribution is -1.90. The van der Waals surface area contributed by atoms with Crippen molar-refractivity contribution in [2.24, 2.45) is 0 Å². The van der Waals surface area contributed by atoms with Crippen LogP contribution in [0.3, 0.4) is 0 Å². The van der Waals surface area contributed by atoms with Crippen molar-refractivity contribution in [3.8, 4) is 0 Å². The molecule has 0 spiro atoms. The van der Waals surface area contributed by atoms with Crippen LogP contribution in [0.15, 0.2) is 24.4 Å². The number of aldehydes is 1. The zero-order valence-corrected chi connectivity index (χ0v) is 9.08. The smallest absolute Gasteiger partial charge is 0.124 e. The Labute approximate surface area is 92.9 Å². The summed E-state index contributed by atoms with van der Waals surface area (Å²) >= 11 is 5.87. The third-order valence-electron chi connectivity index (χ3n) is 2.32. The number of carbonyl (C=O) groups is 1. The Morgan fingerprint density at radius 1 is 1.40 bits per heavy atom. The highest BCUT2D eigenvalue weighted by Gasteiger charge is 2.02. The molecular weight excluding hydrogens is 210 g/mol. The number of fused-ring (bicyclic) bond motifs is 1. The molecule has 15 heavy (non-hydrogen) atoms. The monoisotopic (exact) mass is 219 g/mol. The van der Waals surface area contributed by atoms with E-state index in [1.54, 1.807) is 6.20 Å². The molecule has 0 aliphatic heterocycles. The Morgan fingerprint density at radius 2 is 2.20 bits per heavy atom. The minimum absolute atomic E-state index is 0.434. The average Bonchev–Trinajstić information content (AvgIpc) is 2.17. The minimum atomic E-state index is 0.434. The molecular formula is C12H10ClNO. The van der Waals surface area contributed by atoms with E-state index in [1.807, 2.05) is 25.1 Å². The summed E-state index contributed by atoms with van der Waals surface area (Å²) in [6, 6.07) is 5.80. The largest absolute Gasteiger partial charge is 0.303 e. The molecule has 0 amide bonds. The molecule has 1 heterocycles. The summed E-state index contributed by atoms with van der Waals surface area (Å²) in [5, 5.41) is 1.60. The van der Waals surface area contributed by atoms with E-state index in [1.165, 1.54) is 0 Å². The summed E-state index contributed by atoms with van der Waals surface area (Å²) in [4.78, 5) is 14.7. The van der Waals surface area contributed by atoms with Crippen LogP contribution in [-0.4, -0.2) is 11.3 Å². The SMILES string of the molecule is Cc1cc(CC=O)cc2cc(Cl)cnc12. The second kappa shape index (κ2) is 3.99. The van der Waals surface area contributed by atoms with Crippen LogP contribution in [-0.2, 0) is 11.2 Å². The maximum atomic E-state index is 10.4. The van der Waals surface area contributed by atoms with Gasteiger partial charge >= 0.3 is 0 Å². The molecule has 0 aliphatic carbocycles. The normalized spacial score (nSPS) is 10.5. The molecule has 2 aromatic rings. The fraction of sp³-hybridized carbons (Fsp3) is 0.167. The molecule has 2 rings (SSSR count). The highest BCUT2D eigenvalue weighted by Crippen LogP contribution is 2.21. The number of halogens is 1. The predicted octanol–water partition coefficient (Wildman–Crippen LogP) is 2.94. The van der Waals surface area contributed by atoms with E-state index >= 15 is 0 Å². The van der Waals surface area contributed by atoms with Gasteiger partial charge in [-0.2, -0.15) is 0 Å². The van der Waals surface area contributed by atoms with Gasteiger partial charge in [0.05, 0.1) is 10.5 Å². The summed E-state index contributed by atoms with van der Waals surface area (Å²) in [6.45, 7) is 1.98. The molecule has 2 nitrogen and oxygen atoms in total. The Morgan fingerprint density at radius 3 is 2.93 bits per heavy atom. The number of benzene rings is 1. The molecule has 1 aromatic carbocycles. The van der Waals surface area contributed by atoms with Gasteiger partial charge in [-0.25, -0.2) is 0 Å². The van der Waals surface area contributed by atoms with Crippen LogP contribution in [0.1, 0.15) is 11.1 Å². The topological polar surface area (TPSA) is 30.0 Å². The van der Waals surface area contributed by atoms with Gasteiger partial charge in [0, 0.05) is 18.0 Å². The van der Waals surface area contributed by atoms with Crippen LogP contribution in [0.5, 0.6) is 0 Å². The molecule has 0 bridgehead atoms. The van der Waals surface area contributed by atoms with Gasteiger partial charge in [-0.1, -0.05) is 17.7 Å². The van der Waals surface area contributed by atoms with E-state index in [9.17, 15) is 4.79 Å². The van der Waals surface area contributed by atoms with Gasteiger partial charge in [0.25, 0.3) is 0 Å². The van der Waals surface area contributed by atoms with Crippen molar-refractivity contribution >= 4 is 28.8 Å². The lowest BCUT2D eigenvalue weighted by molar-refractivity contribution is -0.107. The van der Waals surface area contributed by atoms with Crippen LogP contribution < -0.4 is 0 Å². The third-order valence-corrected chi connectivity index (χ3v) is 2.53. The van der Waals surface area contributed by atoms with Crippen LogP contribution in [0.2, 0.25) is 5.02 Å². The average molecular weight is 220 g/mol. The number of hydrogen-bond acceptors (Lipinski definition) is 2. The van der Waals surface area contributed by atoms with Crippen molar-refractivity contribution in [2.75, 3.05) is 0 Å². The van der Waals surface area contributed by atoms with E-state index in [-0.39, 0.29) is 0 Å². The molecule has 3 heteroatoms. The molecule has 76 valence electrons. The van der Waals surface area contributed by atoms with Crippen LogP contribution in [0.4, 0.5) is 0 Å². The van der Waals surface area contributed by atoms with Crippen molar-refractivity contribution < 1.29 is 4.79 Å². The standard InChI is InChI=1S/C12H10ClNO/c1-8-4-9(2-3-15)5-10-6-11(13)7-14-12(8)10/h3-7H,2H2,1H3. The maximum absolute atomic E-state index is 10.4. The first-order chi connectivity index (χ1) is 7.20. The fourth-order valence-corrected chi connectivity index (χ4v) is 1.86. The van der Waals surface area contributed by atoms with Crippen molar-refractivity contribution in [3.63, 3.8) is 0 Å². The summed E-state index contributed by atoms with van der Waals surface area (Å²) in [7, 11) is 0. The molecule has 0 saturated carbocycles. The second-order valence-electron chi connectivity index (χ2n) is 3.51. The predicted molar refractivity (Wildman–Crippen MR) is 61.3 cm³/mol. The highest BCUT2D eigenvalue weighted by atomic mass is 35.5. The van der Waals surface area contributed by atoms with Gasteiger partial charge in [-0.3, -0.25) is 4.98 Å². The van der Waals surface area contributed by atoms with Crippen LogP contribution in [0, 0.1) is 6.92 Å². The van der Waals surface area contributed by atoms with Crippen molar-refractivity contribution in [1.29, 1.82) is 0 Å². The van der Waals surface area contributed by atoms with E-state index in [2.05, 4.69) is 4.98 Å². The zero-order valence-electron chi connectivity index (χ0n) is 8.33.